The summed E-state index contributed by atoms with van der Waals surface area (Å²) in [5, 5.41) is 0. The highest BCUT2D eigenvalue weighted by atomic mass is 16.5. The summed E-state index contributed by atoms with van der Waals surface area (Å²) in [6.07, 6.45) is 13.3. The van der Waals surface area contributed by atoms with Gasteiger partial charge >= 0.3 is 5.97 Å². The number of rotatable bonds is 11. The Morgan fingerprint density at radius 2 is 1.65 bits per heavy atom. The molecule has 0 aromatic rings. The third-order valence-electron chi connectivity index (χ3n) is 2.73. The van der Waals surface area contributed by atoms with Crippen LogP contribution in [0, 0.1) is 5.92 Å². The van der Waals surface area contributed by atoms with E-state index in [0.717, 1.165) is 19.3 Å². The Kier molecular flexibility index (Phi) is 19.1. The molecule has 118 valence electrons. The van der Waals surface area contributed by atoms with Crippen molar-refractivity contribution in [2.45, 2.75) is 72.1 Å². The quantitative estimate of drug-likeness (QED) is 0.277. The minimum atomic E-state index is -0.0328. The number of ether oxygens (including phenoxy) is 1. The lowest BCUT2D eigenvalue weighted by molar-refractivity contribution is -0.144. The van der Waals surface area contributed by atoms with E-state index >= 15 is 0 Å². The van der Waals surface area contributed by atoms with Crippen LogP contribution in [0.2, 0.25) is 0 Å². The molecular formula is C18H34O2. The van der Waals surface area contributed by atoms with E-state index in [1.54, 1.807) is 0 Å². The first-order valence-corrected chi connectivity index (χ1v) is 7.97. The van der Waals surface area contributed by atoms with Gasteiger partial charge in [0.05, 0.1) is 6.61 Å². The summed E-state index contributed by atoms with van der Waals surface area (Å²) < 4.78 is 5.13. The summed E-state index contributed by atoms with van der Waals surface area (Å²) >= 11 is 0. The molecule has 0 amide bonds. The van der Waals surface area contributed by atoms with Crippen LogP contribution in [0.5, 0.6) is 0 Å². The Labute approximate surface area is 126 Å². The molecule has 0 aliphatic heterocycles. The molecule has 2 nitrogen and oxygen atoms in total. The zero-order valence-electron chi connectivity index (χ0n) is 13.8. The highest BCUT2D eigenvalue weighted by Gasteiger charge is 2.03. The first kappa shape index (κ1) is 21.3. The third-order valence-corrected chi connectivity index (χ3v) is 2.73. The van der Waals surface area contributed by atoms with E-state index in [9.17, 15) is 4.79 Å². The molecule has 0 aromatic carbocycles. The summed E-state index contributed by atoms with van der Waals surface area (Å²) in [6, 6.07) is 0. The number of allylic oxidation sites excluding steroid dienone is 2. The lowest BCUT2D eigenvalue weighted by Gasteiger charge is -2.06. The molecule has 0 rings (SSSR count). The number of esters is 1. The first-order valence-electron chi connectivity index (χ1n) is 7.97. The minimum absolute atomic E-state index is 0.0328. The molecule has 0 saturated heterocycles. The number of carbonyl (C=O) groups is 1. The Morgan fingerprint density at radius 1 is 1.05 bits per heavy atom. The van der Waals surface area contributed by atoms with Gasteiger partial charge in [0.25, 0.3) is 0 Å². The molecule has 0 saturated carbocycles. The summed E-state index contributed by atoms with van der Waals surface area (Å²) in [5.41, 5.74) is 0. The van der Waals surface area contributed by atoms with Gasteiger partial charge in [0.2, 0.25) is 0 Å². The van der Waals surface area contributed by atoms with Crippen LogP contribution < -0.4 is 0 Å². The van der Waals surface area contributed by atoms with Gasteiger partial charge in [-0.2, -0.15) is 0 Å². The smallest absolute Gasteiger partial charge is 0.305 e. The van der Waals surface area contributed by atoms with E-state index in [4.69, 9.17) is 4.74 Å². The summed E-state index contributed by atoms with van der Waals surface area (Å²) in [6.45, 7) is 12.8. The molecule has 2 heteroatoms. The molecule has 0 atom stereocenters. The maximum Gasteiger partial charge on any atom is 0.305 e. The normalized spacial score (nSPS) is 10.4. The zero-order valence-corrected chi connectivity index (χ0v) is 13.8. The number of carbonyl (C=O) groups excluding carboxylic acids is 1. The Balaban J connectivity index is 0. The SMILES string of the molecule is C=C.CC/C=C/CCCCCCCC(=O)OCC(C)C. The molecular weight excluding hydrogens is 248 g/mol. The van der Waals surface area contributed by atoms with E-state index in [1.165, 1.54) is 25.7 Å². The predicted molar refractivity (Wildman–Crippen MR) is 88.8 cm³/mol. The van der Waals surface area contributed by atoms with E-state index in [1.807, 2.05) is 0 Å². The van der Waals surface area contributed by atoms with E-state index in [0.29, 0.717) is 18.9 Å². The molecule has 0 aliphatic rings. The van der Waals surface area contributed by atoms with E-state index in [2.05, 4.69) is 46.1 Å². The fourth-order valence-corrected chi connectivity index (χ4v) is 1.68. The Morgan fingerprint density at radius 3 is 2.25 bits per heavy atom. The van der Waals surface area contributed by atoms with Crippen molar-refractivity contribution in [2.75, 3.05) is 6.61 Å². The monoisotopic (exact) mass is 282 g/mol. The maximum absolute atomic E-state index is 11.3. The molecule has 0 aliphatic carbocycles. The average Bonchev–Trinajstić information content (AvgIpc) is 2.45. The van der Waals surface area contributed by atoms with Crippen molar-refractivity contribution in [3.63, 3.8) is 0 Å². The molecule has 0 bridgehead atoms. The van der Waals surface area contributed by atoms with Gasteiger partial charge in [0, 0.05) is 6.42 Å². The Bertz CT molecular complexity index is 232. The van der Waals surface area contributed by atoms with Gasteiger partial charge in [-0.05, 0) is 31.6 Å². The van der Waals surface area contributed by atoms with Crippen LogP contribution in [-0.2, 0) is 9.53 Å². The van der Waals surface area contributed by atoms with Crippen molar-refractivity contribution < 1.29 is 9.53 Å². The maximum atomic E-state index is 11.3. The number of hydrogen-bond acceptors (Lipinski definition) is 2. The fraction of sp³-hybridized carbons (Fsp3) is 0.722. The van der Waals surface area contributed by atoms with Gasteiger partial charge in [0.15, 0.2) is 0 Å². The highest BCUT2D eigenvalue weighted by molar-refractivity contribution is 5.69. The van der Waals surface area contributed by atoms with Gasteiger partial charge in [0.1, 0.15) is 0 Å². The van der Waals surface area contributed by atoms with Crippen molar-refractivity contribution in [1.29, 1.82) is 0 Å². The summed E-state index contributed by atoms with van der Waals surface area (Å²) in [5.74, 6) is 0.403. The first-order chi connectivity index (χ1) is 9.66. The van der Waals surface area contributed by atoms with Crippen LogP contribution in [0.1, 0.15) is 72.1 Å². The van der Waals surface area contributed by atoms with Crippen LogP contribution in [0.25, 0.3) is 0 Å². The highest BCUT2D eigenvalue weighted by Crippen LogP contribution is 2.08. The second kappa shape index (κ2) is 17.9. The average molecular weight is 282 g/mol. The van der Waals surface area contributed by atoms with Gasteiger partial charge < -0.3 is 4.74 Å². The van der Waals surface area contributed by atoms with Crippen LogP contribution in [0.15, 0.2) is 25.3 Å². The second-order valence-corrected chi connectivity index (χ2v) is 5.26. The van der Waals surface area contributed by atoms with E-state index in [-0.39, 0.29) is 5.97 Å². The van der Waals surface area contributed by atoms with Crippen molar-refractivity contribution in [3.05, 3.63) is 25.3 Å². The van der Waals surface area contributed by atoms with Crippen LogP contribution in [0.3, 0.4) is 0 Å². The molecule has 0 spiro atoms. The predicted octanol–water partition coefficient (Wildman–Crippen LogP) is 5.68. The lowest BCUT2D eigenvalue weighted by Crippen LogP contribution is -2.09. The topological polar surface area (TPSA) is 26.3 Å². The summed E-state index contributed by atoms with van der Waals surface area (Å²) in [7, 11) is 0. The van der Waals surface area contributed by atoms with Gasteiger partial charge in [-0.1, -0.05) is 52.2 Å². The zero-order chi connectivity index (χ0) is 15.6. The largest absolute Gasteiger partial charge is 0.465 e. The second-order valence-electron chi connectivity index (χ2n) is 5.26. The molecule has 0 radical (unpaired) electrons. The van der Waals surface area contributed by atoms with Crippen LogP contribution in [0.4, 0.5) is 0 Å². The van der Waals surface area contributed by atoms with Gasteiger partial charge in [-0.3, -0.25) is 4.79 Å². The molecule has 20 heavy (non-hydrogen) atoms. The standard InChI is InChI=1S/C16H30O2.C2H4/c1-4-5-6-7-8-9-10-11-12-13-16(17)18-14-15(2)3;1-2/h5-6,15H,4,7-14H2,1-3H3;1-2H2/b6-5+;. The van der Waals surface area contributed by atoms with Gasteiger partial charge in [-0.25, -0.2) is 0 Å². The Hall–Kier alpha value is -1.05. The van der Waals surface area contributed by atoms with Crippen LogP contribution >= 0.6 is 0 Å². The minimum Gasteiger partial charge on any atom is -0.465 e. The molecule has 0 heterocycles. The van der Waals surface area contributed by atoms with Gasteiger partial charge in [-0.15, -0.1) is 13.2 Å². The fourth-order valence-electron chi connectivity index (χ4n) is 1.68. The number of hydrogen-bond donors (Lipinski definition) is 0. The third kappa shape index (κ3) is 19.3. The summed E-state index contributed by atoms with van der Waals surface area (Å²) in [4.78, 5) is 11.3. The molecule has 0 fully saturated rings. The molecule has 0 aromatic heterocycles. The molecule has 0 unspecified atom stereocenters. The van der Waals surface area contributed by atoms with Crippen molar-refractivity contribution >= 4 is 5.97 Å². The van der Waals surface area contributed by atoms with E-state index < -0.39 is 0 Å². The molecule has 0 N–H and O–H groups in total. The van der Waals surface area contributed by atoms with Crippen LogP contribution in [-0.4, -0.2) is 12.6 Å². The van der Waals surface area contributed by atoms with Crippen molar-refractivity contribution in [3.8, 4) is 0 Å². The van der Waals surface area contributed by atoms with Crippen molar-refractivity contribution in [1.82, 2.24) is 0 Å². The number of unbranched alkanes of at least 4 members (excludes halogenated alkanes) is 5. The lowest BCUT2D eigenvalue weighted by atomic mass is 10.1. The van der Waals surface area contributed by atoms with Crippen molar-refractivity contribution in [2.24, 2.45) is 5.92 Å².